The van der Waals surface area contributed by atoms with Crippen LogP contribution in [0, 0.1) is 0 Å². The number of anilines is 2. The molecule has 2 N–H and O–H groups in total. The van der Waals surface area contributed by atoms with Gasteiger partial charge in [-0.25, -0.2) is 4.79 Å². The van der Waals surface area contributed by atoms with Crippen molar-refractivity contribution >= 4 is 28.8 Å². The van der Waals surface area contributed by atoms with Crippen molar-refractivity contribution in [3.63, 3.8) is 0 Å². The fourth-order valence-corrected chi connectivity index (χ4v) is 3.02. The van der Waals surface area contributed by atoms with Crippen LogP contribution in [0.3, 0.4) is 0 Å². The first-order valence-electron chi connectivity index (χ1n) is 8.88. The van der Waals surface area contributed by atoms with Gasteiger partial charge in [-0.1, -0.05) is 30.3 Å². The Balaban J connectivity index is 1.67. The minimum atomic E-state index is -1.14. The van der Waals surface area contributed by atoms with Crippen LogP contribution in [-0.2, 0) is 9.59 Å². The highest BCUT2D eigenvalue weighted by atomic mass is 16.4. The van der Waals surface area contributed by atoms with Crippen LogP contribution in [0.1, 0.15) is 5.56 Å². The zero-order valence-corrected chi connectivity index (χ0v) is 15.3. The molecule has 1 aliphatic heterocycles. The van der Waals surface area contributed by atoms with Crippen LogP contribution in [0.15, 0.2) is 60.7 Å². The lowest BCUT2D eigenvalue weighted by molar-refractivity contribution is -0.130. The van der Waals surface area contributed by atoms with Gasteiger partial charge in [0, 0.05) is 43.6 Å². The van der Waals surface area contributed by atoms with Gasteiger partial charge < -0.3 is 20.2 Å². The largest absolute Gasteiger partial charge is 0.478 e. The molecule has 140 valence electrons. The standard InChI is InChI=1S/C21H23N3O3/c1-23-11-13-24(14-12-23)18-9-7-17(8-10-18)22-20(25)15-19(21(26)27)16-5-3-2-4-6-16/h2-10,15H,11-14H2,1H3,(H,22,25)(H,26,27). The third-order valence-electron chi connectivity index (χ3n) is 4.59. The lowest BCUT2D eigenvalue weighted by atomic mass is 10.1. The fourth-order valence-electron chi connectivity index (χ4n) is 3.02. The van der Waals surface area contributed by atoms with Gasteiger partial charge in [0.2, 0.25) is 5.91 Å². The summed E-state index contributed by atoms with van der Waals surface area (Å²) in [5, 5.41) is 12.1. The van der Waals surface area contributed by atoms with Crippen molar-refractivity contribution in [1.82, 2.24) is 4.90 Å². The monoisotopic (exact) mass is 365 g/mol. The number of carboxylic acids is 1. The summed E-state index contributed by atoms with van der Waals surface area (Å²) in [6, 6.07) is 16.2. The molecule has 2 aromatic carbocycles. The van der Waals surface area contributed by atoms with E-state index in [-0.39, 0.29) is 5.57 Å². The lowest BCUT2D eigenvalue weighted by Crippen LogP contribution is -2.44. The smallest absolute Gasteiger partial charge is 0.336 e. The fraction of sp³-hybridized carbons (Fsp3) is 0.238. The van der Waals surface area contributed by atoms with E-state index in [0.717, 1.165) is 37.9 Å². The van der Waals surface area contributed by atoms with Gasteiger partial charge in [-0.3, -0.25) is 4.79 Å². The highest BCUT2D eigenvalue weighted by Crippen LogP contribution is 2.20. The number of amides is 1. The number of hydrogen-bond acceptors (Lipinski definition) is 4. The summed E-state index contributed by atoms with van der Waals surface area (Å²) < 4.78 is 0. The number of hydrogen-bond donors (Lipinski definition) is 2. The molecule has 6 heteroatoms. The van der Waals surface area contributed by atoms with Crippen LogP contribution in [0.25, 0.3) is 5.57 Å². The molecule has 0 radical (unpaired) electrons. The maximum absolute atomic E-state index is 12.3. The van der Waals surface area contributed by atoms with Gasteiger partial charge in [0.25, 0.3) is 0 Å². The van der Waals surface area contributed by atoms with E-state index in [9.17, 15) is 14.7 Å². The Bertz CT molecular complexity index is 824. The van der Waals surface area contributed by atoms with Crippen LogP contribution >= 0.6 is 0 Å². The summed E-state index contributed by atoms with van der Waals surface area (Å²) in [6.07, 6.45) is 1.12. The molecule has 0 bridgehead atoms. The third-order valence-corrected chi connectivity index (χ3v) is 4.59. The molecular formula is C21H23N3O3. The second-order valence-electron chi connectivity index (χ2n) is 6.56. The highest BCUT2D eigenvalue weighted by Gasteiger charge is 2.15. The molecule has 3 rings (SSSR count). The number of piperazine rings is 1. The van der Waals surface area contributed by atoms with Gasteiger partial charge >= 0.3 is 5.97 Å². The number of carbonyl (C=O) groups excluding carboxylic acids is 1. The first kappa shape index (κ1) is 18.7. The molecule has 0 aromatic heterocycles. The third kappa shape index (κ3) is 4.95. The number of nitrogens with one attached hydrogen (secondary N) is 1. The topological polar surface area (TPSA) is 72.9 Å². The minimum absolute atomic E-state index is 0.0397. The molecule has 0 saturated carbocycles. The second-order valence-corrected chi connectivity index (χ2v) is 6.56. The van der Waals surface area contributed by atoms with Crippen LogP contribution in [-0.4, -0.2) is 55.1 Å². The van der Waals surface area contributed by atoms with E-state index >= 15 is 0 Å². The second kappa shape index (κ2) is 8.51. The zero-order valence-electron chi connectivity index (χ0n) is 15.3. The maximum Gasteiger partial charge on any atom is 0.336 e. The molecule has 0 spiro atoms. The highest BCUT2D eigenvalue weighted by molar-refractivity contribution is 6.21. The van der Waals surface area contributed by atoms with E-state index in [2.05, 4.69) is 22.2 Å². The van der Waals surface area contributed by atoms with E-state index < -0.39 is 11.9 Å². The molecule has 2 aromatic rings. The molecule has 6 nitrogen and oxygen atoms in total. The average molecular weight is 365 g/mol. The number of carboxylic acid groups (broad SMARTS) is 1. The summed E-state index contributed by atoms with van der Waals surface area (Å²) in [5.74, 6) is -1.61. The van der Waals surface area contributed by atoms with E-state index in [0.29, 0.717) is 11.3 Å². The van der Waals surface area contributed by atoms with Crippen molar-refractivity contribution in [1.29, 1.82) is 0 Å². The van der Waals surface area contributed by atoms with Crippen LogP contribution < -0.4 is 10.2 Å². The minimum Gasteiger partial charge on any atom is -0.478 e. The van der Waals surface area contributed by atoms with Crippen molar-refractivity contribution in [3.05, 3.63) is 66.2 Å². The van der Waals surface area contributed by atoms with E-state index in [4.69, 9.17) is 0 Å². The number of nitrogens with zero attached hydrogens (tertiary/aromatic N) is 2. The first-order chi connectivity index (χ1) is 13.0. The van der Waals surface area contributed by atoms with Crippen LogP contribution in [0.2, 0.25) is 0 Å². The first-order valence-corrected chi connectivity index (χ1v) is 8.88. The van der Waals surface area contributed by atoms with E-state index in [1.807, 2.05) is 24.3 Å². The Morgan fingerprint density at radius 3 is 2.19 bits per heavy atom. The molecule has 1 fully saturated rings. The Labute approximate surface area is 158 Å². The molecule has 1 aliphatic rings. The Kier molecular flexibility index (Phi) is 5.88. The zero-order chi connectivity index (χ0) is 19.2. The maximum atomic E-state index is 12.3. The van der Waals surface area contributed by atoms with Crippen molar-refractivity contribution in [3.8, 4) is 0 Å². The molecule has 0 unspecified atom stereocenters. The summed E-state index contributed by atoms with van der Waals surface area (Å²) in [4.78, 5) is 28.3. The van der Waals surface area contributed by atoms with Crippen molar-refractivity contribution in [2.45, 2.75) is 0 Å². The number of benzene rings is 2. The SMILES string of the molecule is CN1CCN(c2ccc(NC(=O)C=C(C(=O)O)c3ccccc3)cc2)CC1. The molecule has 0 aliphatic carbocycles. The molecule has 1 amide bonds. The summed E-state index contributed by atoms with van der Waals surface area (Å²) >= 11 is 0. The van der Waals surface area contributed by atoms with Gasteiger partial charge in [0.05, 0.1) is 5.57 Å². The number of rotatable bonds is 5. The Hall–Kier alpha value is -3.12. The molecule has 27 heavy (non-hydrogen) atoms. The summed E-state index contributed by atoms with van der Waals surface area (Å²) in [5.41, 5.74) is 2.20. The predicted octanol–water partition coefficient (Wildman–Crippen LogP) is 2.55. The van der Waals surface area contributed by atoms with Crippen molar-refractivity contribution in [2.24, 2.45) is 0 Å². The average Bonchev–Trinajstić information content (AvgIpc) is 2.68. The van der Waals surface area contributed by atoms with Crippen molar-refractivity contribution < 1.29 is 14.7 Å². The normalized spacial score (nSPS) is 15.4. The lowest BCUT2D eigenvalue weighted by Gasteiger charge is -2.34. The van der Waals surface area contributed by atoms with Crippen LogP contribution in [0.5, 0.6) is 0 Å². The number of likely N-dealkylation sites (N-methyl/N-ethyl adjacent to an activating group) is 1. The number of carbonyl (C=O) groups is 2. The Morgan fingerprint density at radius 2 is 1.59 bits per heavy atom. The van der Waals surface area contributed by atoms with Gasteiger partial charge in [0.15, 0.2) is 0 Å². The predicted molar refractivity (Wildman–Crippen MR) is 107 cm³/mol. The molecular weight excluding hydrogens is 342 g/mol. The van der Waals surface area contributed by atoms with Gasteiger partial charge in [-0.2, -0.15) is 0 Å². The van der Waals surface area contributed by atoms with Crippen LogP contribution in [0.4, 0.5) is 11.4 Å². The quantitative estimate of drug-likeness (QED) is 0.797. The summed E-state index contributed by atoms with van der Waals surface area (Å²) in [6.45, 7) is 4.01. The molecule has 0 atom stereocenters. The van der Waals surface area contributed by atoms with E-state index in [1.165, 1.54) is 0 Å². The van der Waals surface area contributed by atoms with Gasteiger partial charge in [-0.05, 0) is 36.9 Å². The molecule has 1 saturated heterocycles. The van der Waals surface area contributed by atoms with E-state index in [1.54, 1.807) is 30.3 Å². The van der Waals surface area contributed by atoms with Gasteiger partial charge in [0.1, 0.15) is 0 Å². The Morgan fingerprint density at radius 1 is 0.963 bits per heavy atom. The van der Waals surface area contributed by atoms with Gasteiger partial charge in [-0.15, -0.1) is 0 Å². The summed E-state index contributed by atoms with van der Waals surface area (Å²) in [7, 11) is 2.12. The molecule has 1 heterocycles. The van der Waals surface area contributed by atoms with Crippen molar-refractivity contribution in [2.75, 3.05) is 43.4 Å². The number of aliphatic carboxylic acids is 1.